The number of H-pyrrole nitrogens is 1. The van der Waals surface area contributed by atoms with Gasteiger partial charge in [-0.15, -0.1) is 0 Å². The summed E-state index contributed by atoms with van der Waals surface area (Å²) in [5.74, 6) is -2.46. The van der Waals surface area contributed by atoms with Crippen LogP contribution in [0.5, 0.6) is 0 Å². The Labute approximate surface area is 193 Å². The number of aromatic nitrogens is 1. The van der Waals surface area contributed by atoms with Crippen LogP contribution in [0, 0.1) is 24.7 Å². The first-order chi connectivity index (χ1) is 15.7. The number of allylic oxidation sites excluding steroid dienone is 2. The maximum atomic E-state index is 13.3. The predicted octanol–water partition coefficient (Wildman–Crippen LogP) is 3.96. The molecule has 4 rings (SSSR count). The fraction of sp³-hybridized carbons (Fsp3) is 0.462. The fourth-order valence-corrected chi connectivity index (χ4v) is 4.99. The van der Waals surface area contributed by atoms with Gasteiger partial charge in [-0.2, -0.15) is 0 Å². The van der Waals surface area contributed by atoms with Crippen molar-refractivity contribution in [1.29, 1.82) is 0 Å². The third-order valence-electron chi connectivity index (χ3n) is 6.62. The van der Waals surface area contributed by atoms with Crippen molar-refractivity contribution in [1.82, 2.24) is 9.88 Å². The summed E-state index contributed by atoms with van der Waals surface area (Å²) in [7, 11) is 0. The summed E-state index contributed by atoms with van der Waals surface area (Å²) in [4.78, 5) is 56.9. The Morgan fingerprint density at radius 1 is 1.06 bits per heavy atom. The number of esters is 1. The van der Waals surface area contributed by atoms with Gasteiger partial charge in [-0.05, 0) is 45.1 Å². The molecule has 7 nitrogen and oxygen atoms in total. The van der Waals surface area contributed by atoms with Gasteiger partial charge in [0.15, 0.2) is 6.10 Å². The van der Waals surface area contributed by atoms with Crippen LogP contribution in [0.2, 0.25) is 0 Å². The van der Waals surface area contributed by atoms with Crippen molar-refractivity contribution in [2.24, 2.45) is 17.8 Å². The number of ether oxygens (including phenoxy) is 1. The lowest BCUT2D eigenvalue weighted by atomic mass is 9.85. The quantitative estimate of drug-likeness (QED) is 0.298. The van der Waals surface area contributed by atoms with Gasteiger partial charge in [-0.25, -0.2) is 4.79 Å². The van der Waals surface area contributed by atoms with Gasteiger partial charge in [0.1, 0.15) is 6.04 Å². The standard InChI is InChI=1S/C26H30N2O5/c1-14(2)13-21(28-24(30)17-9-5-6-10-18(17)25(28)31)26(32)33-16(4)23(29)22-15(3)27-20-12-8-7-11-19(20)22/h5-8,11-12,14,16-18,21,27H,9-10,13H2,1-4H3. The minimum atomic E-state index is -1.05. The number of Topliss-reactive ketones (excluding diaryl/α,β-unsaturated/α-hetero) is 1. The molecule has 33 heavy (non-hydrogen) atoms. The van der Waals surface area contributed by atoms with Gasteiger partial charge in [0.05, 0.1) is 11.8 Å². The molecule has 4 unspecified atom stereocenters. The topological polar surface area (TPSA) is 96.5 Å². The molecule has 0 spiro atoms. The van der Waals surface area contributed by atoms with E-state index in [0.29, 0.717) is 24.1 Å². The fourth-order valence-electron chi connectivity index (χ4n) is 4.99. The van der Waals surface area contributed by atoms with E-state index in [-0.39, 0.29) is 29.9 Å². The third-order valence-corrected chi connectivity index (χ3v) is 6.62. The van der Waals surface area contributed by atoms with Gasteiger partial charge in [0.2, 0.25) is 17.6 Å². The number of rotatable bonds is 7. The predicted molar refractivity (Wildman–Crippen MR) is 123 cm³/mol. The molecule has 1 fully saturated rings. The van der Waals surface area contributed by atoms with Gasteiger partial charge in [0, 0.05) is 22.2 Å². The zero-order chi connectivity index (χ0) is 23.9. The lowest BCUT2D eigenvalue weighted by Gasteiger charge is -2.27. The Hall–Kier alpha value is -3.22. The van der Waals surface area contributed by atoms with Crippen molar-refractivity contribution in [2.75, 3.05) is 0 Å². The van der Waals surface area contributed by atoms with Crippen molar-refractivity contribution in [3.8, 4) is 0 Å². The minimum absolute atomic E-state index is 0.0470. The number of para-hydroxylation sites is 1. The Morgan fingerprint density at radius 3 is 2.27 bits per heavy atom. The number of fused-ring (bicyclic) bond motifs is 2. The highest BCUT2D eigenvalue weighted by Gasteiger charge is 2.51. The number of ketones is 1. The Morgan fingerprint density at radius 2 is 1.67 bits per heavy atom. The van der Waals surface area contributed by atoms with Crippen LogP contribution in [0.3, 0.4) is 0 Å². The maximum absolute atomic E-state index is 13.3. The van der Waals surface area contributed by atoms with E-state index in [2.05, 4.69) is 4.98 Å². The summed E-state index contributed by atoms with van der Waals surface area (Å²) in [5.41, 5.74) is 2.01. The molecule has 2 aromatic rings. The van der Waals surface area contributed by atoms with Gasteiger partial charge in [0.25, 0.3) is 0 Å². The molecule has 174 valence electrons. The molecular formula is C26H30N2O5. The SMILES string of the molecule is Cc1[nH]c2ccccc2c1C(=O)C(C)OC(=O)C(CC(C)C)N1C(=O)C2CC=CCC2C1=O. The number of nitrogens with one attached hydrogen (secondary N) is 1. The van der Waals surface area contributed by atoms with Crippen molar-refractivity contribution in [3.05, 3.63) is 47.7 Å². The Bertz CT molecular complexity index is 1120. The summed E-state index contributed by atoms with van der Waals surface area (Å²) in [6.07, 6.45) is 4.07. The van der Waals surface area contributed by atoms with E-state index in [9.17, 15) is 19.2 Å². The molecule has 1 saturated heterocycles. The number of amides is 2. The second kappa shape index (κ2) is 8.96. The largest absolute Gasteiger partial charge is 0.453 e. The number of nitrogens with zero attached hydrogens (tertiary/aromatic N) is 1. The monoisotopic (exact) mass is 450 g/mol. The summed E-state index contributed by atoms with van der Waals surface area (Å²) in [5, 5.41) is 0.767. The summed E-state index contributed by atoms with van der Waals surface area (Å²) in [6.45, 7) is 7.18. The average molecular weight is 451 g/mol. The van der Waals surface area contributed by atoms with E-state index in [1.165, 1.54) is 6.92 Å². The average Bonchev–Trinajstić information content (AvgIpc) is 3.24. The van der Waals surface area contributed by atoms with E-state index in [0.717, 1.165) is 15.8 Å². The number of aryl methyl sites for hydroxylation is 1. The number of benzene rings is 1. The number of imide groups is 1. The smallest absolute Gasteiger partial charge is 0.330 e. The molecule has 1 N–H and O–H groups in total. The zero-order valence-electron chi connectivity index (χ0n) is 19.5. The summed E-state index contributed by atoms with van der Waals surface area (Å²) in [6, 6.07) is 6.42. The Kier molecular flexibility index (Phi) is 6.23. The van der Waals surface area contributed by atoms with Crippen LogP contribution in [0.4, 0.5) is 0 Å². The van der Waals surface area contributed by atoms with Gasteiger partial charge in [-0.1, -0.05) is 44.2 Å². The first-order valence-corrected chi connectivity index (χ1v) is 11.5. The zero-order valence-corrected chi connectivity index (χ0v) is 19.5. The summed E-state index contributed by atoms with van der Waals surface area (Å²) < 4.78 is 5.60. The molecule has 0 radical (unpaired) electrons. The van der Waals surface area contributed by atoms with E-state index in [4.69, 9.17) is 4.74 Å². The number of carbonyl (C=O) groups is 4. The van der Waals surface area contributed by atoms with E-state index >= 15 is 0 Å². The third kappa shape index (κ3) is 4.12. The number of hydrogen-bond acceptors (Lipinski definition) is 5. The van der Waals surface area contributed by atoms with E-state index in [1.54, 1.807) is 6.92 Å². The van der Waals surface area contributed by atoms with Gasteiger partial charge < -0.3 is 9.72 Å². The number of carbonyl (C=O) groups excluding carboxylic acids is 4. The second-order valence-electron chi connectivity index (χ2n) is 9.46. The molecule has 7 heteroatoms. The molecule has 1 aromatic carbocycles. The molecule has 0 bridgehead atoms. The molecule has 1 aliphatic carbocycles. The molecule has 0 saturated carbocycles. The van der Waals surface area contributed by atoms with Crippen molar-refractivity contribution >= 4 is 34.5 Å². The highest BCUT2D eigenvalue weighted by Crippen LogP contribution is 2.37. The number of aromatic amines is 1. The van der Waals surface area contributed by atoms with Crippen LogP contribution >= 0.6 is 0 Å². The highest BCUT2D eigenvalue weighted by atomic mass is 16.5. The number of hydrogen-bond donors (Lipinski definition) is 1. The maximum Gasteiger partial charge on any atom is 0.330 e. The minimum Gasteiger partial charge on any atom is -0.453 e. The van der Waals surface area contributed by atoms with E-state index < -0.39 is 30.0 Å². The first-order valence-electron chi connectivity index (χ1n) is 11.5. The van der Waals surface area contributed by atoms with Crippen LogP contribution in [0.15, 0.2) is 36.4 Å². The highest BCUT2D eigenvalue weighted by molar-refractivity contribution is 6.12. The van der Waals surface area contributed by atoms with Gasteiger partial charge in [-0.3, -0.25) is 19.3 Å². The van der Waals surface area contributed by atoms with Crippen LogP contribution in [-0.4, -0.2) is 45.6 Å². The molecule has 1 aromatic heterocycles. The summed E-state index contributed by atoms with van der Waals surface area (Å²) >= 11 is 0. The van der Waals surface area contributed by atoms with Crippen molar-refractivity contribution in [2.45, 2.75) is 59.1 Å². The number of likely N-dealkylation sites (tertiary alicyclic amines) is 1. The first kappa shape index (κ1) is 23.0. The van der Waals surface area contributed by atoms with Crippen LogP contribution in [0.25, 0.3) is 10.9 Å². The van der Waals surface area contributed by atoms with Crippen LogP contribution < -0.4 is 0 Å². The normalized spacial score (nSPS) is 22.0. The van der Waals surface area contributed by atoms with Crippen LogP contribution in [0.1, 0.15) is 56.1 Å². The lowest BCUT2D eigenvalue weighted by molar-refractivity contribution is -0.161. The molecule has 4 atom stereocenters. The van der Waals surface area contributed by atoms with Crippen molar-refractivity contribution in [3.63, 3.8) is 0 Å². The Balaban J connectivity index is 1.56. The molecule has 2 heterocycles. The second-order valence-corrected chi connectivity index (χ2v) is 9.46. The van der Waals surface area contributed by atoms with Gasteiger partial charge >= 0.3 is 5.97 Å². The van der Waals surface area contributed by atoms with Crippen molar-refractivity contribution < 1.29 is 23.9 Å². The molecule has 2 amide bonds. The molecule has 1 aliphatic heterocycles. The molecular weight excluding hydrogens is 420 g/mol. The lowest BCUT2D eigenvalue weighted by Crippen LogP contribution is -2.48. The molecule has 2 aliphatic rings. The van der Waals surface area contributed by atoms with E-state index in [1.807, 2.05) is 50.3 Å². The van der Waals surface area contributed by atoms with Crippen LogP contribution in [-0.2, 0) is 19.1 Å².